The predicted molar refractivity (Wildman–Crippen MR) is 59.3 cm³/mol. The summed E-state index contributed by atoms with van der Waals surface area (Å²) < 4.78 is 47.5. The lowest BCUT2D eigenvalue weighted by Crippen LogP contribution is -2.33. The topological polar surface area (TPSA) is 35.5 Å². The first-order valence-corrected chi connectivity index (χ1v) is 5.25. The van der Waals surface area contributed by atoms with Crippen molar-refractivity contribution in [3.8, 4) is 11.5 Å². The van der Waals surface area contributed by atoms with Gasteiger partial charge in [-0.1, -0.05) is 11.6 Å². The number of hydrogen-bond acceptors (Lipinski definition) is 3. The number of methoxy groups -OCH3 is 1. The molecule has 0 saturated heterocycles. The molecule has 7 heteroatoms. The SMILES string of the molecule is COc1ccc(C(C)=O)c(OC(F)(F)C(F)Cl)c1. The molecule has 1 unspecified atom stereocenters. The van der Waals surface area contributed by atoms with E-state index in [1.165, 1.54) is 26.2 Å². The molecular formula is C11H10ClF3O3. The highest BCUT2D eigenvalue weighted by Gasteiger charge is 2.42. The average Bonchev–Trinajstić information content (AvgIpc) is 2.27. The van der Waals surface area contributed by atoms with Crippen molar-refractivity contribution in [1.82, 2.24) is 0 Å². The van der Waals surface area contributed by atoms with E-state index in [-0.39, 0.29) is 11.3 Å². The highest BCUT2D eigenvalue weighted by molar-refractivity contribution is 6.20. The Balaban J connectivity index is 3.16. The number of alkyl halides is 4. The summed E-state index contributed by atoms with van der Waals surface area (Å²) in [5.41, 5.74) is -3.14. The molecule has 1 rings (SSSR count). The van der Waals surface area contributed by atoms with Crippen LogP contribution < -0.4 is 9.47 Å². The zero-order chi connectivity index (χ0) is 13.9. The number of hydrogen-bond donors (Lipinski definition) is 0. The van der Waals surface area contributed by atoms with E-state index in [0.29, 0.717) is 0 Å². The molecule has 0 saturated carbocycles. The maximum absolute atomic E-state index is 13.0. The zero-order valence-electron chi connectivity index (χ0n) is 9.55. The Labute approximate surface area is 106 Å². The third kappa shape index (κ3) is 3.29. The summed E-state index contributed by atoms with van der Waals surface area (Å²) in [5, 5.41) is 0. The molecule has 1 atom stereocenters. The van der Waals surface area contributed by atoms with E-state index < -0.39 is 23.3 Å². The van der Waals surface area contributed by atoms with E-state index in [1.54, 1.807) is 0 Å². The zero-order valence-corrected chi connectivity index (χ0v) is 10.3. The highest BCUT2D eigenvalue weighted by Crippen LogP contribution is 2.33. The molecule has 0 aromatic heterocycles. The van der Waals surface area contributed by atoms with Gasteiger partial charge in [-0.05, 0) is 19.1 Å². The predicted octanol–water partition coefficient (Wildman–Crippen LogP) is 3.40. The lowest BCUT2D eigenvalue weighted by molar-refractivity contribution is -0.199. The molecule has 18 heavy (non-hydrogen) atoms. The number of benzene rings is 1. The Morgan fingerprint density at radius 1 is 1.44 bits per heavy atom. The van der Waals surface area contributed by atoms with Crippen molar-refractivity contribution in [3.05, 3.63) is 23.8 Å². The average molecular weight is 283 g/mol. The molecule has 0 aliphatic carbocycles. The van der Waals surface area contributed by atoms with E-state index in [1.807, 2.05) is 0 Å². The van der Waals surface area contributed by atoms with Gasteiger partial charge in [-0.25, -0.2) is 4.39 Å². The third-order valence-corrected chi connectivity index (χ3v) is 2.32. The molecule has 1 aromatic rings. The van der Waals surface area contributed by atoms with Crippen LogP contribution in [0.25, 0.3) is 0 Å². The van der Waals surface area contributed by atoms with Crippen molar-refractivity contribution in [2.45, 2.75) is 18.7 Å². The van der Waals surface area contributed by atoms with Gasteiger partial charge < -0.3 is 9.47 Å². The van der Waals surface area contributed by atoms with E-state index in [2.05, 4.69) is 16.3 Å². The van der Waals surface area contributed by atoms with Gasteiger partial charge in [-0.2, -0.15) is 8.78 Å². The van der Waals surface area contributed by atoms with Crippen molar-refractivity contribution < 1.29 is 27.4 Å². The van der Waals surface area contributed by atoms with Gasteiger partial charge in [-0.15, -0.1) is 0 Å². The van der Waals surface area contributed by atoms with Crippen LogP contribution in [-0.2, 0) is 0 Å². The maximum Gasteiger partial charge on any atom is 0.444 e. The van der Waals surface area contributed by atoms with Gasteiger partial charge in [0.05, 0.1) is 12.7 Å². The van der Waals surface area contributed by atoms with Crippen LogP contribution in [0.5, 0.6) is 11.5 Å². The molecule has 0 heterocycles. The van der Waals surface area contributed by atoms with Gasteiger partial charge in [0.15, 0.2) is 5.78 Å². The minimum atomic E-state index is -4.24. The van der Waals surface area contributed by atoms with Crippen LogP contribution in [0, 0.1) is 0 Å². The Hall–Kier alpha value is -1.43. The lowest BCUT2D eigenvalue weighted by atomic mass is 10.1. The minimum Gasteiger partial charge on any atom is -0.497 e. The van der Waals surface area contributed by atoms with Crippen molar-refractivity contribution in [2.24, 2.45) is 0 Å². The van der Waals surface area contributed by atoms with Gasteiger partial charge in [0.25, 0.3) is 5.63 Å². The van der Waals surface area contributed by atoms with E-state index in [0.717, 1.165) is 6.07 Å². The van der Waals surface area contributed by atoms with E-state index in [9.17, 15) is 18.0 Å². The van der Waals surface area contributed by atoms with Gasteiger partial charge >= 0.3 is 6.11 Å². The van der Waals surface area contributed by atoms with E-state index in [4.69, 9.17) is 4.74 Å². The van der Waals surface area contributed by atoms with Crippen LogP contribution in [0.1, 0.15) is 17.3 Å². The van der Waals surface area contributed by atoms with Crippen LogP contribution in [0.4, 0.5) is 13.2 Å². The van der Waals surface area contributed by atoms with E-state index >= 15 is 0 Å². The van der Waals surface area contributed by atoms with Gasteiger partial charge in [0.1, 0.15) is 11.5 Å². The standard InChI is InChI=1S/C11H10ClF3O3/c1-6(16)8-4-3-7(17-2)5-9(8)18-11(14,15)10(12)13/h3-5,10H,1-2H3. The van der Waals surface area contributed by atoms with Crippen molar-refractivity contribution in [2.75, 3.05) is 7.11 Å². The molecule has 100 valence electrons. The van der Waals surface area contributed by atoms with Crippen molar-refractivity contribution >= 4 is 17.4 Å². The summed E-state index contributed by atoms with van der Waals surface area (Å²) in [6.07, 6.45) is -4.24. The Bertz CT molecular complexity index is 449. The first kappa shape index (κ1) is 14.6. The van der Waals surface area contributed by atoms with Crippen molar-refractivity contribution in [3.63, 3.8) is 0 Å². The van der Waals surface area contributed by atoms with Crippen LogP contribution in [0.15, 0.2) is 18.2 Å². The molecule has 0 amide bonds. The second-order valence-corrected chi connectivity index (χ2v) is 3.77. The molecule has 1 aromatic carbocycles. The first-order valence-electron chi connectivity index (χ1n) is 4.82. The number of carbonyl (C=O) groups excluding carboxylic acids is 1. The number of rotatable bonds is 5. The lowest BCUT2D eigenvalue weighted by Gasteiger charge is -2.19. The second-order valence-electron chi connectivity index (χ2n) is 3.38. The van der Waals surface area contributed by atoms with Crippen molar-refractivity contribution in [1.29, 1.82) is 0 Å². The van der Waals surface area contributed by atoms with Crippen LogP contribution in [-0.4, -0.2) is 24.6 Å². The summed E-state index contributed by atoms with van der Waals surface area (Å²) in [4.78, 5) is 11.2. The molecule has 0 N–H and O–H groups in total. The summed E-state index contributed by atoms with van der Waals surface area (Å²) in [7, 11) is 1.31. The fourth-order valence-corrected chi connectivity index (χ4v) is 1.24. The summed E-state index contributed by atoms with van der Waals surface area (Å²) in [5.74, 6) is -0.806. The smallest absolute Gasteiger partial charge is 0.444 e. The van der Waals surface area contributed by atoms with Gasteiger partial charge in [0.2, 0.25) is 0 Å². The van der Waals surface area contributed by atoms with Crippen LogP contribution in [0.2, 0.25) is 0 Å². The fourth-order valence-electron chi connectivity index (χ4n) is 1.20. The number of carbonyl (C=O) groups is 1. The number of halogens is 4. The number of ether oxygens (including phenoxy) is 2. The molecule has 0 aliphatic rings. The quantitative estimate of drug-likeness (QED) is 0.613. The first-order chi connectivity index (χ1) is 8.27. The third-order valence-electron chi connectivity index (χ3n) is 2.07. The molecule has 0 spiro atoms. The van der Waals surface area contributed by atoms with Gasteiger partial charge in [-0.3, -0.25) is 4.79 Å². The Morgan fingerprint density at radius 2 is 2.06 bits per heavy atom. The van der Waals surface area contributed by atoms with Crippen LogP contribution >= 0.6 is 11.6 Å². The van der Waals surface area contributed by atoms with Gasteiger partial charge in [0, 0.05) is 6.07 Å². The second kappa shape index (κ2) is 5.48. The largest absolute Gasteiger partial charge is 0.497 e. The normalized spacial score (nSPS) is 13.0. The summed E-state index contributed by atoms with van der Waals surface area (Å²) in [6.45, 7) is 1.17. The highest BCUT2D eigenvalue weighted by atomic mass is 35.5. The number of Topliss-reactive ketones (excluding diaryl/α,β-unsaturated/α-hetero) is 1. The Kier molecular flexibility index (Phi) is 4.45. The minimum absolute atomic E-state index is 0.118. The monoisotopic (exact) mass is 282 g/mol. The van der Waals surface area contributed by atoms with Crippen LogP contribution in [0.3, 0.4) is 0 Å². The molecule has 3 nitrogen and oxygen atoms in total. The molecule has 0 radical (unpaired) electrons. The molecule has 0 fully saturated rings. The molecule has 0 aliphatic heterocycles. The molecule has 0 bridgehead atoms. The Morgan fingerprint density at radius 3 is 2.50 bits per heavy atom. The summed E-state index contributed by atoms with van der Waals surface area (Å²) >= 11 is 4.67. The fraction of sp³-hybridized carbons (Fsp3) is 0.364. The molecular weight excluding hydrogens is 273 g/mol. The summed E-state index contributed by atoms with van der Waals surface area (Å²) in [6, 6.07) is 3.70. The maximum atomic E-state index is 13.0. The number of ketones is 1.